The van der Waals surface area contributed by atoms with Crippen LogP contribution in [0.15, 0.2) is 48.5 Å². The molecule has 0 unspecified atom stereocenters. The van der Waals surface area contributed by atoms with Crippen LogP contribution >= 0.6 is 0 Å². The monoisotopic (exact) mass is 229 g/mol. The minimum Gasteiger partial charge on any atom is -0.491 e. The van der Waals surface area contributed by atoms with Crippen molar-refractivity contribution < 1.29 is 9.84 Å². The minimum absolute atomic E-state index is 0.00999. The third-order valence-corrected chi connectivity index (χ3v) is 2.46. The Morgan fingerprint density at radius 2 is 1.71 bits per heavy atom. The summed E-state index contributed by atoms with van der Waals surface area (Å²) < 4.78 is 5.49. The van der Waals surface area contributed by atoms with E-state index in [0.717, 1.165) is 22.6 Å². The van der Waals surface area contributed by atoms with Gasteiger partial charge in [-0.2, -0.15) is 0 Å². The molecule has 3 heteroatoms. The normalized spacial score (nSPS) is 10.2. The van der Waals surface area contributed by atoms with E-state index >= 15 is 0 Å². The van der Waals surface area contributed by atoms with Gasteiger partial charge in [-0.3, -0.25) is 0 Å². The van der Waals surface area contributed by atoms with E-state index in [2.05, 4.69) is 0 Å². The summed E-state index contributed by atoms with van der Waals surface area (Å²) in [4.78, 5) is 0. The van der Waals surface area contributed by atoms with Gasteiger partial charge in [0.05, 0.1) is 6.61 Å². The van der Waals surface area contributed by atoms with E-state index in [4.69, 9.17) is 15.6 Å². The number of benzene rings is 2. The van der Waals surface area contributed by atoms with Crippen LogP contribution in [0, 0.1) is 0 Å². The molecule has 0 aliphatic heterocycles. The van der Waals surface area contributed by atoms with Gasteiger partial charge in [0.2, 0.25) is 0 Å². The van der Waals surface area contributed by atoms with Crippen molar-refractivity contribution in [2.45, 2.75) is 0 Å². The van der Waals surface area contributed by atoms with Crippen LogP contribution in [0.1, 0.15) is 0 Å². The van der Waals surface area contributed by atoms with Gasteiger partial charge in [0.1, 0.15) is 12.4 Å². The SMILES string of the molecule is Nc1ccc(-c2ccccc2OCCO)cc1. The lowest BCUT2D eigenvalue weighted by Gasteiger charge is -2.10. The number of aliphatic hydroxyl groups excluding tert-OH is 1. The Labute approximate surface area is 100 Å². The average Bonchev–Trinajstić information content (AvgIpc) is 2.38. The predicted molar refractivity (Wildman–Crippen MR) is 68.9 cm³/mol. The third kappa shape index (κ3) is 2.77. The molecule has 2 aromatic rings. The van der Waals surface area contributed by atoms with Gasteiger partial charge < -0.3 is 15.6 Å². The molecular formula is C14H15NO2. The van der Waals surface area contributed by atoms with Crippen LogP contribution in [0.5, 0.6) is 5.75 Å². The summed E-state index contributed by atoms with van der Waals surface area (Å²) in [6.07, 6.45) is 0. The molecule has 0 fully saturated rings. The fraction of sp³-hybridized carbons (Fsp3) is 0.143. The average molecular weight is 229 g/mol. The van der Waals surface area contributed by atoms with Crippen molar-refractivity contribution in [2.75, 3.05) is 18.9 Å². The number of aliphatic hydroxyl groups is 1. The second-order valence-corrected chi connectivity index (χ2v) is 3.69. The fourth-order valence-corrected chi connectivity index (χ4v) is 1.65. The molecule has 0 saturated heterocycles. The number of nitrogen functional groups attached to an aromatic ring is 1. The molecule has 17 heavy (non-hydrogen) atoms. The maximum atomic E-state index is 8.78. The van der Waals surface area contributed by atoms with Crippen molar-refractivity contribution in [3.05, 3.63) is 48.5 Å². The molecule has 88 valence electrons. The number of anilines is 1. The summed E-state index contributed by atoms with van der Waals surface area (Å²) in [6, 6.07) is 15.4. The van der Waals surface area contributed by atoms with Gasteiger partial charge in [-0.15, -0.1) is 0 Å². The highest BCUT2D eigenvalue weighted by atomic mass is 16.5. The van der Waals surface area contributed by atoms with Crippen molar-refractivity contribution in [3.8, 4) is 16.9 Å². The maximum Gasteiger partial charge on any atom is 0.127 e. The molecular weight excluding hydrogens is 214 g/mol. The molecule has 0 heterocycles. The van der Waals surface area contributed by atoms with Crippen molar-refractivity contribution in [2.24, 2.45) is 0 Å². The molecule has 0 bridgehead atoms. The second-order valence-electron chi connectivity index (χ2n) is 3.69. The summed E-state index contributed by atoms with van der Waals surface area (Å²) in [6.45, 7) is 0.308. The van der Waals surface area contributed by atoms with Gasteiger partial charge >= 0.3 is 0 Å². The van der Waals surface area contributed by atoms with Crippen LogP contribution in [0.4, 0.5) is 5.69 Å². The highest BCUT2D eigenvalue weighted by Crippen LogP contribution is 2.30. The number of ether oxygens (including phenoxy) is 1. The Balaban J connectivity index is 2.33. The lowest BCUT2D eigenvalue weighted by molar-refractivity contribution is 0.202. The Bertz CT molecular complexity index is 480. The fourth-order valence-electron chi connectivity index (χ4n) is 1.65. The second kappa shape index (κ2) is 5.37. The first kappa shape index (κ1) is 11.5. The van der Waals surface area contributed by atoms with E-state index in [1.54, 1.807) is 0 Å². The zero-order chi connectivity index (χ0) is 12.1. The Morgan fingerprint density at radius 1 is 1.00 bits per heavy atom. The van der Waals surface area contributed by atoms with Crippen LogP contribution in [-0.2, 0) is 0 Å². The molecule has 2 rings (SSSR count). The number of rotatable bonds is 4. The zero-order valence-electron chi connectivity index (χ0n) is 9.47. The Hall–Kier alpha value is -2.00. The molecule has 0 saturated carbocycles. The van der Waals surface area contributed by atoms with Crippen molar-refractivity contribution in [1.82, 2.24) is 0 Å². The maximum absolute atomic E-state index is 8.78. The molecule has 0 aliphatic rings. The Morgan fingerprint density at radius 3 is 2.41 bits per heavy atom. The van der Waals surface area contributed by atoms with E-state index in [9.17, 15) is 0 Å². The highest BCUT2D eigenvalue weighted by Gasteiger charge is 2.04. The molecule has 0 aliphatic carbocycles. The van der Waals surface area contributed by atoms with E-state index in [1.807, 2.05) is 48.5 Å². The summed E-state index contributed by atoms with van der Waals surface area (Å²) in [5, 5.41) is 8.78. The quantitative estimate of drug-likeness (QED) is 0.791. The number of nitrogens with two attached hydrogens (primary N) is 1. The van der Waals surface area contributed by atoms with Gasteiger partial charge in [-0.05, 0) is 23.8 Å². The summed E-state index contributed by atoms with van der Waals surface area (Å²) in [7, 11) is 0. The lowest BCUT2D eigenvalue weighted by Crippen LogP contribution is -2.02. The van der Waals surface area contributed by atoms with Crippen molar-refractivity contribution in [1.29, 1.82) is 0 Å². The molecule has 0 aromatic heterocycles. The van der Waals surface area contributed by atoms with Gasteiger partial charge in [-0.1, -0.05) is 30.3 Å². The summed E-state index contributed by atoms with van der Waals surface area (Å²) in [5.74, 6) is 0.770. The molecule has 3 nitrogen and oxygen atoms in total. The summed E-state index contributed by atoms with van der Waals surface area (Å²) >= 11 is 0. The number of hydrogen-bond donors (Lipinski definition) is 2. The van der Waals surface area contributed by atoms with Crippen LogP contribution in [0.25, 0.3) is 11.1 Å². The molecule has 0 spiro atoms. The summed E-state index contributed by atoms with van der Waals surface area (Å²) in [5.41, 5.74) is 8.45. The first-order valence-corrected chi connectivity index (χ1v) is 5.50. The van der Waals surface area contributed by atoms with E-state index in [-0.39, 0.29) is 6.61 Å². The Kier molecular flexibility index (Phi) is 3.62. The van der Waals surface area contributed by atoms with Gasteiger partial charge in [0, 0.05) is 11.3 Å². The topological polar surface area (TPSA) is 55.5 Å². The van der Waals surface area contributed by atoms with E-state index < -0.39 is 0 Å². The highest BCUT2D eigenvalue weighted by molar-refractivity contribution is 5.71. The smallest absolute Gasteiger partial charge is 0.127 e. The number of hydrogen-bond acceptors (Lipinski definition) is 3. The van der Waals surface area contributed by atoms with Crippen LogP contribution in [0.3, 0.4) is 0 Å². The first-order valence-electron chi connectivity index (χ1n) is 5.50. The third-order valence-electron chi connectivity index (χ3n) is 2.46. The van der Waals surface area contributed by atoms with E-state index in [0.29, 0.717) is 6.61 Å². The molecule has 3 N–H and O–H groups in total. The van der Waals surface area contributed by atoms with Crippen LogP contribution < -0.4 is 10.5 Å². The van der Waals surface area contributed by atoms with Crippen LogP contribution in [0.2, 0.25) is 0 Å². The molecule has 2 aromatic carbocycles. The van der Waals surface area contributed by atoms with Crippen molar-refractivity contribution >= 4 is 5.69 Å². The number of para-hydroxylation sites is 1. The largest absolute Gasteiger partial charge is 0.491 e. The molecule has 0 amide bonds. The van der Waals surface area contributed by atoms with Gasteiger partial charge in [0.15, 0.2) is 0 Å². The molecule has 0 radical (unpaired) electrons. The van der Waals surface area contributed by atoms with Crippen LogP contribution in [-0.4, -0.2) is 18.3 Å². The minimum atomic E-state index is 0.00999. The van der Waals surface area contributed by atoms with Gasteiger partial charge in [0.25, 0.3) is 0 Å². The zero-order valence-corrected chi connectivity index (χ0v) is 9.47. The predicted octanol–water partition coefficient (Wildman–Crippen LogP) is 2.31. The van der Waals surface area contributed by atoms with Crippen molar-refractivity contribution in [3.63, 3.8) is 0 Å². The lowest BCUT2D eigenvalue weighted by atomic mass is 10.0. The standard InChI is InChI=1S/C14H15NO2/c15-12-7-5-11(6-8-12)13-3-1-2-4-14(13)17-10-9-16/h1-8,16H,9-10,15H2. The molecule has 0 atom stereocenters. The first-order chi connectivity index (χ1) is 8.31. The van der Waals surface area contributed by atoms with Gasteiger partial charge in [-0.25, -0.2) is 0 Å². The van der Waals surface area contributed by atoms with E-state index in [1.165, 1.54) is 0 Å².